The summed E-state index contributed by atoms with van der Waals surface area (Å²) >= 11 is 1.36. The van der Waals surface area contributed by atoms with Crippen molar-refractivity contribution in [3.05, 3.63) is 94.6 Å². The van der Waals surface area contributed by atoms with E-state index in [2.05, 4.69) is 18.0 Å². The predicted molar refractivity (Wildman–Crippen MR) is 138 cm³/mol. The number of benzene rings is 3. The van der Waals surface area contributed by atoms with Crippen molar-refractivity contribution in [2.24, 2.45) is 0 Å². The van der Waals surface area contributed by atoms with Gasteiger partial charge < -0.3 is 9.84 Å². The van der Waals surface area contributed by atoms with Crippen LogP contribution < -0.4 is 9.64 Å². The highest BCUT2D eigenvalue weighted by Gasteiger charge is 2.48. The summed E-state index contributed by atoms with van der Waals surface area (Å²) in [5, 5.41) is 11.7. The molecule has 1 aromatic heterocycles. The maximum Gasteiger partial charge on any atom is 0.301 e. The van der Waals surface area contributed by atoms with Gasteiger partial charge in [0.25, 0.3) is 5.78 Å². The molecular weight excluding hydrogens is 460 g/mol. The zero-order chi connectivity index (χ0) is 24.7. The summed E-state index contributed by atoms with van der Waals surface area (Å²) in [4.78, 5) is 32.9. The van der Waals surface area contributed by atoms with E-state index >= 15 is 0 Å². The van der Waals surface area contributed by atoms with Crippen LogP contribution >= 0.6 is 11.3 Å². The molecule has 6 nitrogen and oxygen atoms in total. The number of fused-ring (bicyclic) bond motifs is 1. The molecule has 1 amide bonds. The Morgan fingerprint density at radius 3 is 2.57 bits per heavy atom. The Morgan fingerprint density at radius 2 is 1.86 bits per heavy atom. The second-order valence-electron chi connectivity index (χ2n) is 8.46. The highest BCUT2D eigenvalue weighted by molar-refractivity contribution is 7.22. The van der Waals surface area contributed by atoms with E-state index in [9.17, 15) is 14.7 Å². The van der Waals surface area contributed by atoms with E-state index in [-0.39, 0.29) is 11.3 Å². The number of thiazole rings is 1. The number of aliphatic hydroxyl groups excluding tert-OH is 1. The fourth-order valence-corrected chi connectivity index (χ4v) is 5.36. The number of rotatable bonds is 5. The Kier molecular flexibility index (Phi) is 5.86. The van der Waals surface area contributed by atoms with Crippen LogP contribution in [0, 0.1) is 6.92 Å². The van der Waals surface area contributed by atoms with Crippen LogP contribution in [-0.4, -0.2) is 28.9 Å². The molecule has 0 radical (unpaired) electrons. The maximum absolute atomic E-state index is 13.4. The Hall–Kier alpha value is -3.97. The van der Waals surface area contributed by atoms with Crippen molar-refractivity contribution in [2.45, 2.75) is 26.3 Å². The van der Waals surface area contributed by atoms with Gasteiger partial charge in [-0.15, -0.1) is 0 Å². The fourth-order valence-electron chi connectivity index (χ4n) is 4.30. The molecule has 1 saturated heterocycles. The Morgan fingerprint density at radius 1 is 1.09 bits per heavy atom. The van der Waals surface area contributed by atoms with E-state index < -0.39 is 17.7 Å². The summed E-state index contributed by atoms with van der Waals surface area (Å²) in [6, 6.07) is 19.5. The third kappa shape index (κ3) is 3.98. The van der Waals surface area contributed by atoms with Crippen LogP contribution in [0.3, 0.4) is 0 Å². The third-order valence-electron chi connectivity index (χ3n) is 6.23. The van der Waals surface area contributed by atoms with Crippen molar-refractivity contribution in [3.8, 4) is 5.75 Å². The van der Waals surface area contributed by atoms with Gasteiger partial charge in [0.15, 0.2) is 5.13 Å². The first-order chi connectivity index (χ1) is 16.9. The van der Waals surface area contributed by atoms with Crippen molar-refractivity contribution in [3.63, 3.8) is 0 Å². The molecule has 0 bridgehead atoms. The summed E-state index contributed by atoms with van der Waals surface area (Å²) in [6.07, 6.45) is 0.883. The van der Waals surface area contributed by atoms with Crippen LogP contribution in [0.25, 0.3) is 16.0 Å². The molecule has 35 heavy (non-hydrogen) atoms. The van der Waals surface area contributed by atoms with Crippen molar-refractivity contribution in [1.29, 1.82) is 0 Å². The number of carbonyl (C=O) groups is 2. The van der Waals surface area contributed by atoms with Crippen LogP contribution in [0.1, 0.15) is 35.2 Å². The molecule has 3 aromatic carbocycles. The Bertz CT molecular complexity index is 1490. The molecule has 7 heteroatoms. The van der Waals surface area contributed by atoms with Crippen LogP contribution in [0.5, 0.6) is 5.75 Å². The summed E-state index contributed by atoms with van der Waals surface area (Å²) in [6.45, 7) is 4.02. The number of hydrogen-bond acceptors (Lipinski definition) is 6. The molecule has 5 rings (SSSR count). The lowest BCUT2D eigenvalue weighted by Gasteiger charge is -2.23. The zero-order valence-corrected chi connectivity index (χ0v) is 20.4. The van der Waals surface area contributed by atoms with Gasteiger partial charge >= 0.3 is 5.91 Å². The molecule has 1 N–H and O–H groups in total. The smallest absolute Gasteiger partial charge is 0.301 e. The van der Waals surface area contributed by atoms with Crippen molar-refractivity contribution in [1.82, 2.24) is 4.98 Å². The number of Topliss-reactive ketones (excluding diaryl/α,β-unsaturated/α-hetero) is 1. The van der Waals surface area contributed by atoms with Gasteiger partial charge in [-0.3, -0.25) is 14.5 Å². The first-order valence-corrected chi connectivity index (χ1v) is 12.1. The molecule has 1 aliphatic rings. The molecule has 1 aliphatic heterocycles. The number of aliphatic hydroxyl groups is 1. The molecule has 2 heterocycles. The highest BCUT2D eigenvalue weighted by Crippen LogP contribution is 2.44. The Labute approximate surface area is 207 Å². The number of methoxy groups -OCH3 is 1. The number of hydrogen-bond donors (Lipinski definition) is 1. The minimum absolute atomic E-state index is 0.0283. The molecule has 4 aromatic rings. The normalized spacial score (nSPS) is 17.3. The van der Waals surface area contributed by atoms with Gasteiger partial charge in [0.2, 0.25) is 0 Å². The monoisotopic (exact) mass is 484 g/mol. The average Bonchev–Trinajstić information content (AvgIpc) is 3.41. The van der Waals surface area contributed by atoms with Gasteiger partial charge in [-0.25, -0.2) is 4.98 Å². The van der Waals surface area contributed by atoms with Crippen molar-refractivity contribution in [2.75, 3.05) is 12.0 Å². The highest BCUT2D eigenvalue weighted by atomic mass is 32.1. The largest absolute Gasteiger partial charge is 0.507 e. The van der Waals surface area contributed by atoms with Gasteiger partial charge in [-0.1, -0.05) is 66.3 Å². The number of ketones is 1. The summed E-state index contributed by atoms with van der Waals surface area (Å²) < 4.78 is 6.33. The minimum atomic E-state index is -0.849. The van der Waals surface area contributed by atoms with Gasteiger partial charge in [0.1, 0.15) is 11.5 Å². The molecule has 0 unspecified atom stereocenters. The van der Waals surface area contributed by atoms with Gasteiger partial charge in [0, 0.05) is 5.56 Å². The van der Waals surface area contributed by atoms with E-state index in [0.29, 0.717) is 22.0 Å². The lowest BCUT2D eigenvalue weighted by atomic mass is 9.95. The van der Waals surface area contributed by atoms with Crippen molar-refractivity contribution >= 4 is 44.1 Å². The standard InChI is InChI=1S/C28H24N2O4S/c1-4-17-10-13-21-22(14-17)35-28(29-21)30-24(19-6-5-7-20(15-19)34-3)23(26(32)27(30)33)25(31)18-11-8-16(2)9-12-18/h5-15,24,31H,4H2,1-3H3/b25-23+/t24-/m1/s1. The number of aryl methyl sites for hydroxylation is 2. The topological polar surface area (TPSA) is 79.7 Å². The molecule has 1 atom stereocenters. The van der Waals surface area contributed by atoms with Crippen LogP contribution in [0.2, 0.25) is 0 Å². The number of aromatic nitrogens is 1. The maximum atomic E-state index is 13.4. The molecule has 0 aliphatic carbocycles. The molecular formula is C28H24N2O4S. The summed E-state index contributed by atoms with van der Waals surface area (Å²) in [7, 11) is 1.56. The quantitative estimate of drug-likeness (QED) is 0.220. The minimum Gasteiger partial charge on any atom is -0.507 e. The number of nitrogens with zero attached hydrogens (tertiary/aromatic N) is 2. The second kappa shape index (κ2) is 9.00. The number of anilines is 1. The summed E-state index contributed by atoms with van der Waals surface area (Å²) in [5.41, 5.74) is 4.09. The fraction of sp³-hybridized carbons (Fsp3) is 0.179. The zero-order valence-electron chi connectivity index (χ0n) is 19.6. The first-order valence-electron chi connectivity index (χ1n) is 11.3. The van der Waals surface area contributed by atoms with Gasteiger partial charge in [-0.05, 0) is 48.7 Å². The van der Waals surface area contributed by atoms with E-state index in [1.807, 2.05) is 37.3 Å². The number of carbonyl (C=O) groups excluding carboxylic acids is 2. The predicted octanol–water partition coefficient (Wildman–Crippen LogP) is 5.80. The van der Waals surface area contributed by atoms with Crippen LogP contribution in [-0.2, 0) is 16.0 Å². The average molecular weight is 485 g/mol. The first kappa shape index (κ1) is 22.8. The summed E-state index contributed by atoms with van der Waals surface area (Å²) in [5.74, 6) is -1.10. The lowest BCUT2D eigenvalue weighted by Crippen LogP contribution is -2.29. The molecule has 0 saturated carbocycles. The van der Waals surface area contributed by atoms with E-state index in [1.165, 1.54) is 21.8 Å². The van der Waals surface area contributed by atoms with E-state index in [4.69, 9.17) is 4.74 Å². The number of ether oxygens (including phenoxy) is 1. The van der Waals surface area contributed by atoms with Gasteiger partial charge in [-0.2, -0.15) is 0 Å². The van der Waals surface area contributed by atoms with Gasteiger partial charge in [0.05, 0.1) is 28.9 Å². The third-order valence-corrected chi connectivity index (χ3v) is 7.25. The SMILES string of the molecule is CCc1ccc2nc(N3C(=O)C(=O)/C(=C(/O)c4ccc(C)cc4)[C@H]3c3cccc(OC)c3)sc2c1. The number of amides is 1. The second-order valence-corrected chi connectivity index (χ2v) is 9.47. The molecule has 176 valence electrons. The Balaban J connectivity index is 1.72. The van der Waals surface area contributed by atoms with E-state index in [0.717, 1.165) is 22.2 Å². The van der Waals surface area contributed by atoms with Crippen molar-refractivity contribution < 1.29 is 19.4 Å². The van der Waals surface area contributed by atoms with Crippen LogP contribution in [0.4, 0.5) is 5.13 Å². The van der Waals surface area contributed by atoms with E-state index in [1.54, 1.807) is 37.4 Å². The lowest BCUT2D eigenvalue weighted by molar-refractivity contribution is -0.132. The van der Waals surface area contributed by atoms with Crippen LogP contribution in [0.15, 0.2) is 72.3 Å². The molecule has 1 fully saturated rings. The molecule has 0 spiro atoms.